The number of aryl methyl sites for hydroxylation is 1. The quantitative estimate of drug-likeness (QED) is 0.769. The number of aromatic nitrogens is 1. The van der Waals surface area contributed by atoms with Crippen molar-refractivity contribution in [2.45, 2.75) is 31.2 Å². The Balaban J connectivity index is 2.04. The number of hydrogen-bond acceptors (Lipinski definition) is 3. The molecule has 1 atom stereocenters. The standard InChI is InChI=1S/C17H21FN2S/c1-3-8-20-17(14-9-13(2)10-19-11-14)12-21-16-6-4-15(18)5-7-16/h4-7,9-11,17,20H,3,8,12H2,1-2H3. The Bertz CT molecular complexity index is 557. The van der Waals surface area contributed by atoms with Crippen LogP contribution in [0.3, 0.4) is 0 Å². The van der Waals surface area contributed by atoms with Gasteiger partial charge in [0.2, 0.25) is 0 Å². The van der Waals surface area contributed by atoms with Gasteiger partial charge in [-0.15, -0.1) is 11.8 Å². The third-order valence-electron chi connectivity index (χ3n) is 3.17. The molecule has 2 nitrogen and oxygen atoms in total. The van der Waals surface area contributed by atoms with Gasteiger partial charge in [-0.3, -0.25) is 4.98 Å². The zero-order valence-corrected chi connectivity index (χ0v) is 13.3. The van der Waals surface area contributed by atoms with Crippen LogP contribution in [0.25, 0.3) is 0 Å². The van der Waals surface area contributed by atoms with Crippen molar-refractivity contribution in [1.29, 1.82) is 0 Å². The Morgan fingerprint density at radius 3 is 2.67 bits per heavy atom. The summed E-state index contributed by atoms with van der Waals surface area (Å²) in [5, 5.41) is 3.56. The average molecular weight is 304 g/mol. The normalized spacial score (nSPS) is 12.3. The molecule has 1 unspecified atom stereocenters. The van der Waals surface area contributed by atoms with Crippen LogP contribution in [-0.2, 0) is 0 Å². The summed E-state index contributed by atoms with van der Waals surface area (Å²) in [4.78, 5) is 5.36. The minimum absolute atomic E-state index is 0.192. The van der Waals surface area contributed by atoms with E-state index in [1.54, 1.807) is 11.8 Å². The topological polar surface area (TPSA) is 24.9 Å². The highest BCUT2D eigenvalue weighted by atomic mass is 32.2. The molecule has 0 fully saturated rings. The number of rotatable bonds is 7. The van der Waals surface area contributed by atoms with Crippen molar-refractivity contribution in [1.82, 2.24) is 10.3 Å². The number of pyridine rings is 1. The van der Waals surface area contributed by atoms with E-state index in [1.807, 2.05) is 24.5 Å². The summed E-state index contributed by atoms with van der Waals surface area (Å²) in [5.74, 6) is 0.708. The van der Waals surface area contributed by atoms with Gasteiger partial charge in [-0.25, -0.2) is 4.39 Å². The van der Waals surface area contributed by atoms with E-state index in [1.165, 1.54) is 23.3 Å². The minimum Gasteiger partial charge on any atom is -0.309 e. The van der Waals surface area contributed by atoms with Gasteiger partial charge in [0.25, 0.3) is 0 Å². The molecule has 0 aliphatic rings. The molecule has 0 saturated heterocycles. The van der Waals surface area contributed by atoms with E-state index < -0.39 is 0 Å². The van der Waals surface area contributed by atoms with Crippen LogP contribution in [0, 0.1) is 12.7 Å². The maximum atomic E-state index is 12.9. The van der Waals surface area contributed by atoms with E-state index >= 15 is 0 Å². The SMILES string of the molecule is CCCNC(CSc1ccc(F)cc1)c1cncc(C)c1. The van der Waals surface area contributed by atoms with Gasteiger partial charge in [-0.2, -0.15) is 0 Å². The maximum Gasteiger partial charge on any atom is 0.123 e. The van der Waals surface area contributed by atoms with Gasteiger partial charge in [-0.05, 0) is 55.3 Å². The number of nitrogens with zero attached hydrogens (tertiary/aromatic N) is 1. The molecule has 0 aliphatic heterocycles. The molecule has 0 spiro atoms. The molecule has 0 amide bonds. The molecule has 0 aliphatic carbocycles. The van der Waals surface area contributed by atoms with Crippen LogP contribution in [-0.4, -0.2) is 17.3 Å². The fraction of sp³-hybridized carbons (Fsp3) is 0.353. The van der Waals surface area contributed by atoms with E-state index in [-0.39, 0.29) is 11.9 Å². The lowest BCUT2D eigenvalue weighted by molar-refractivity contribution is 0.575. The Labute approximate surface area is 130 Å². The number of halogens is 1. The second kappa shape index (κ2) is 8.15. The largest absolute Gasteiger partial charge is 0.309 e. The summed E-state index contributed by atoms with van der Waals surface area (Å²) in [6, 6.07) is 9.09. The second-order valence-corrected chi connectivity index (χ2v) is 6.16. The monoisotopic (exact) mass is 304 g/mol. The van der Waals surface area contributed by atoms with E-state index in [9.17, 15) is 4.39 Å². The van der Waals surface area contributed by atoms with Crippen LogP contribution in [0.5, 0.6) is 0 Å². The molecule has 0 radical (unpaired) electrons. The highest BCUT2D eigenvalue weighted by molar-refractivity contribution is 7.99. The van der Waals surface area contributed by atoms with Crippen LogP contribution >= 0.6 is 11.8 Å². The molecule has 1 aromatic heterocycles. The summed E-state index contributed by atoms with van der Waals surface area (Å²) in [5.41, 5.74) is 2.38. The zero-order chi connectivity index (χ0) is 15.1. The van der Waals surface area contributed by atoms with Gasteiger partial charge < -0.3 is 5.32 Å². The number of benzene rings is 1. The number of nitrogens with one attached hydrogen (secondary N) is 1. The zero-order valence-electron chi connectivity index (χ0n) is 12.5. The summed E-state index contributed by atoms with van der Waals surface area (Å²) < 4.78 is 12.9. The third kappa shape index (κ3) is 5.14. The molecule has 112 valence electrons. The highest BCUT2D eigenvalue weighted by Gasteiger charge is 2.12. The number of thioether (sulfide) groups is 1. The lowest BCUT2D eigenvalue weighted by Crippen LogP contribution is -2.24. The lowest BCUT2D eigenvalue weighted by Gasteiger charge is -2.18. The first-order chi connectivity index (χ1) is 10.2. The van der Waals surface area contributed by atoms with Crippen molar-refractivity contribution < 1.29 is 4.39 Å². The molecular formula is C17H21FN2S. The van der Waals surface area contributed by atoms with Crippen molar-refractivity contribution >= 4 is 11.8 Å². The fourth-order valence-corrected chi connectivity index (χ4v) is 3.07. The first-order valence-corrected chi connectivity index (χ1v) is 8.21. The van der Waals surface area contributed by atoms with Crippen molar-refractivity contribution in [3.05, 3.63) is 59.7 Å². The van der Waals surface area contributed by atoms with E-state index in [0.717, 1.165) is 23.6 Å². The Morgan fingerprint density at radius 2 is 2.00 bits per heavy atom. The lowest BCUT2D eigenvalue weighted by atomic mass is 10.1. The molecule has 1 heterocycles. The Morgan fingerprint density at radius 1 is 1.24 bits per heavy atom. The van der Waals surface area contributed by atoms with Gasteiger partial charge >= 0.3 is 0 Å². The van der Waals surface area contributed by atoms with Crippen molar-refractivity contribution in [3.8, 4) is 0 Å². The van der Waals surface area contributed by atoms with Gasteiger partial charge in [0, 0.05) is 29.1 Å². The predicted molar refractivity (Wildman–Crippen MR) is 87.1 cm³/mol. The van der Waals surface area contributed by atoms with E-state index in [0.29, 0.717) is 0 Å². The van der Waals surface area contributed by atoms with Crippen molar-refractivity contribution in [3.63, 3.8) is 0 Å². The summed E-state index contributed by atoms with van der Waals surface area (Å²) in [7, 11) is 0. The maximum absolute atomic E-state index is 12.9. The van der Waals surface area contributed by atoms with Gasteiger partial charge in [0.1, 0.15) is 5.82 Å². The van der Waals surface area contributed by atoms with Crippen LogP contribution in [0.15, 0.2) is 47.6 Å². The molecule has 4 heteroatoms. The average Bonchev–Trinajstić information content (AvgIpc) is 2.49. The third-order valence-corrected chi connectivity index (χ3v) is 4.28. The van der Waals surface area contributed by atoms with E-state index in [2.05, 4.69) is 30.2 Å². The van der Waals surface area contributed by atoms with Crippen molar-refractivity contribution in [2.75, 3.05) is 12.3 Å². The smallest absolute Gasteiger partial charge is 0.123 e. The Kier molecular flexibility index (Phi) is 6.21. The second-order valence-electron chi connectivity index (χ2n) is 5.07. The molecule has 2 rings (SSSR count). The molecule has 1 N–H and O–H groups in total. The van der Waals surface area contributed by atoms with Crippen LogP contribution < -0.4 is 5.32 Å². The summed E-state index contributed by atoms with van der Waals surface area (Å²) in [6.07, 6.45) is 4.88. The highest BCUT2D eigenvalue weighted by Crippen LogP contribution is 2.25. The molecule has 0 bridgehead atoms. The van der Waals surface area contributed by atoms with Crippen LogP contribution in [0.4, 0.5) is 4.39 Å². The predicted octanol–water partition coefficient (Wildman–Crippen LogP) is 4.36. The van der Waals surface area contributed by atoms with Gasteiger partial charge in [0.15, 0.2) is 0 Å². The van der Waals surface area contributed by atoms with E-state index in [4.69, 9.17) is 0 Å². The van der Waals surface area contributed by atoms with Gasteiger partial charge in [-0.1, -0.05) is 13.0 Å². The minimum atomic E-state index is -0.192. The molecule has 1 aromatic carbocycles. The summed E-state index contributed by atoms with van der Waals surface area (Å²) >= 11 is 1.73. The summed E-state index contributed by atoms with van der Waals surface area (Å²) in [6.45, 7) is 5.19. The van der Waals surface area contributed by atoms with Gasteiger partial charge in [0.05, 0.1) is 0 Å². The molecule has 21 heavy (non-hydrogen) atoms. The molecular weight excluding hydrogens is 283 g/mol. The molecule has 0 saturated carbocycles. The fourth-order valence-electron chi connectivity index (χ4n) is 2.07. The first kappa shape index (κ1) is 16.0. The number of hydrogen-bond donors (Lipinski definition) is 1. The van der Waals surface area contributed by atoms with Crippen molar-refractivity contribution in [2.24, 2.45) is 0 Å². The molecule has 2 aromatic rings. The first-order valence-electron chi connectivity index (χ1n) is 7.22. The Hall–Kier alpha value is -1.39. The van der Waals surface area contributed by atoms with Crippen LogP contribution in [0.2, 0.25) is 0 Å². The van der Waals surface area contributed by atoms with Crippen LogP contribution in [0.1, 0.15) is 30.5 Å².